The summed E-state index contributed by atoms with van der Waals surface area (Å²) in [5, 5.41) is 12.3. The molecule has 2 heterocycles. The summed E-state index contributed by atoms with van der Waals surface area (Å²) in [5.41, 5.74) is 1.10. The maximum Gasteiger partial charge on any atom is 0.337 e. The molecule has 2 fully saturated rings. The minimum atomic E-state index is -1.16. The van der Waals surface area contributed by atoms with Crippen molar-refractivity contribution in [3.63, 3.8) is 0 Å². The zero-order valence-electron chi connectivity index (χ0n) is 18.7. The van der Waals surface area contributed by atoms with Gasteiger partial charge >= 0.3 is 5.97 Å². The molecule has 0 saturated carbocycles. The number of carboxylic acids is 1. The Morgan fingerprint density at radius 3 is 2.26 bits per heavy atom. The lowest BCUT2D eigenvalue weighted by atomic mass is 10.1. The normalized spacial score (nSPS) is 16.9. The van der Waals surface area contributed by atoms with E-state index in [4.69, 9.17) is 4.74 Å². The monoisotopic (exact) mass is 470 g/mol. The zero-order chi connectivity index (χ0) is 24.1. The van der Waals surface area contributed by atoms with E-state index < -0.39 is 17.7 Å². The molecule has 0 radical (unpaired) electrons. The predicted molar refractivity (Wildman–Crippen MR) is 124 cm³/mol. The van der Waals surface area contributed by atoms with Gasteiger partial charge in [0.25, 0.3) is 5.91 Å². The van der Waals surface area contributed by atoms with Crippen LogP contribution in [0.5, 0.6) is 0 Å². The fourth-order valence-electron chi connectivity index (χ4n) is 4.08. The van der Waals surface area contributed by atoms with Crippen LogP contribution in [0.2, 0.25) is 0 Å². The first-order chi connectivity index (χ1) is 16.4. The van der Waals surface area contributed by atoms with Crippen LogP contribution in [-0.2, 0) is 9.53 Å². The van der Waals surface area contributed by atoms with Crippen LogP contribution in [0.25, 0.3) is 0 Å². The summed E-state index contributed by atoms with van der Waals surface area (Å²) < 4.78 is 18.4. The van der Waals surface area contributed by atoms with Crippen LogP contribution < -0.4 is 10.2 Å². The second-order valence-corrected chi connectivity index (χ2v) is 8.25. The van der Waals surface area contributed by atoms with Gasteiger partial charge in [-0.1, -0.05) is 0 Å². The van der Waals surface area contributed by atoms with Crippen LogP contribution in [0, 0.1) is 5.82 Å². The van der Waals surface area contributed by atoms with E-state index in [-0.39, 0.29) is 22.7 Å². The average Bonchev–Trinajstić information content (AvgIpc) is 2.85. The molecule has 34 heavy (non-hydrogen) atoms. The summed E-state index contributed by atoms with van der Waals surface area (Å²) in [7, 11) is 0. The summed E-state index contributed by atoms with van der Waals surface area (Å²) in [5.74, 6) is -2.04. The van der Waals surface area contributed by atoms with Crippen molar-refractivity contribution in [3.8, 4) is 0 Å². The minimum absolute atomic E-state index is 0.0297. The standard InChI is InChI=1S/C24H27FN4O5/c25-18-3-1-17(2-4-18)23(31)26-21-6-5-19(15-20(21)24(32)33)28-9-7-27(8-10-28)16-22(30)29-11-13-34-14-12-29/h1-6,15H,7-14,16H2,(H,26,31)(H,32,33). The summed E-state index contributed by atoms with van der Waals surface area (Å²) >= 11 is 0. The third-order valence-corrected chi connectivity index (χ3v) is 6.05. The van der Waals surface area contributed by atoms with Crippen LogP contribution in [0.15, 0.2) is 42.5 Å². The van der Waals surface area contributed by atoms with Gasteiger partial charge in [-0.15, -0.1) is 0 Å². The van der Waals surface area contributed by atoms with Crippen molar-refractivity contribution in [2.45, 2.75) is 0 Å². The molecule has 10 heteroatoms. The number of rotatable bonds is 6. The highest BCUT2D eigenvalue weighted by molar-refractivity contribution is 6.08. The number of morpholine rings is 1. The Labute approximate surface area is 196 Å². The number of aromatic carboxylic acids is 1. The fraction of sp³-hybridized carbons (Fsp3) is 0.375. The molecule has 2 aromatic carbocycles. The van der Waals surface area contributed by atoms with Gasteiger partial charge < -0.3 is 25.0 Å². The lowest BCUT2D eigenvalue weighted by molar-refractivity contribution is -0.136. The van der Waals surface area contributed by atoms with Crippen LogP contribution in [0.3, 0.4) is 0 Å². The van der Waals surface area contributed by atoms with E-state index in [1.165, 1.54) is 30.3 Å². The van der Waals surface area contributed by atoms with E-state index in [0.29, 0.717) is 59.0 Å². The van der Waals surface area contributed by atoms with Gasteiger partial charge in [-0.3, -0.25) is 14.5 Å². The van der Waals surface area contributed by atoms with Crippen molar-refractivity contribution in [2.24, 2.45) is 0 Å². The lowest BCUT2D eigenvalue weighted by Gasteiger charge is -2.37. The van der Waals surface area contributed by atoms with Crippen molar-refractivity contribution < 1.29 is 28.6 Å². The highest BCUT2D eigenvalue weighted by Crippen LogP contribution is 2.25. The SMILES string of the molecule is O=C(Nc1ccc(N2CCN(CC(=O)N3CCOCC3)CC2)cc1C(=O)O)c1ccc(F)cc1. The van der Waals surface area contributed by atoms with Gasteiger partial charge in [0.05, 0.1) is 31.0 Å². The first-order valence-corrected chi connectivity index (χ1v) is 11.2. The van der Waals surface area contributed by atoms with E-state index in [0.717, 1.165) is 5.69 Å². The lowest BCUT2D eigenvalue weighted by Crippen LogP contribution is -2.51. The van der Waals surface area contributed by atoms with Gasteiger partial charge in [-0.25, -0.2) is 9.18 Å². The number of carbonyl (C=O) groups excluding carboxylic acids is 2. The Morgan fingerprint density at radius 2 is 1.62 bits per heavy atom. The maximum absolute atomic E-state index is 13.1. The Kier molecular flexibility index (Phi) is 7.39. The van der Waals surface area contributed by atoms with Gasteiger partial charge in [-0.05, 0) is 42.5 Å². The molecule has 0 spiro atoms. The number of carboxylic acid groups (broad SMARTS) is 1. The molecule has 0 atom stereocenters. The Morgan fingerprint density at radius 1 is 0.941 bits per heavy atom. The van der Waals surface area contributed by atoms with Gasteiger partial charge in [0.2, 0.25) is 5.91 Å². The molecule has 0 unspecified atom stereocenters. The molecule has 2 aromatic rings. The van der Waals surface area contributed by atoms with E-state index in [1.807, 2.05) is 4.90 Å². The van der Waals surface area contributed by atoms with Crippen LogP contribution in [0.4, 0.5) is 15.8 Å². The van der Waals surface area contributed by atoms with Crippen LogP contribution >= 0.6 is 0 Å². The maximum atomic E-state index is 13.1. The molecular weight excluding hydrogens is 443 g/mol. The topological polar surface area (TPSA) is 102 Å². The molecule has 2 N–H and O–H groups in total. The van der Waals surface area contributed by atoms with Crippen molar-refractivity contribution in [1.29, 1.82) is 0 Å². The first-order valence-electron chi connectivity index (χ1n) is 11.2. The number of hydrogen-bond acceptors (Lipinski definition) is 6. The number of carbonyl (C=O) groups is 3. The Balaban J connectivity index is 1.37. The van der Waals surface area contributed by atoms with Crippen molar-refractivity contribution in [1.82, 2.24) is 9.80 Å². The van der Waals surface area contributed by atoms with Gasteiger partial charge in [0.1, 0.15) is 5.82 Å². The third-order valence-electron chi connectivity index (χ3n) is 6.05. The molecule has 0 bridgehead atoms. The number of ether oxygens (including phenoxy) is 1. The molecule has 0 aliphatic carbocycles. The van der Waals surface area contributed by atoms with Crippen molar-refractivity contribution in [3.05, 3.63) is 59.4 Å². The average molecular weight is 471 g/mol. The Bertz CT molecular complexity index is 1050. The highest BCUT2D eigenvalue weighted by atomic mass is 19.1. The zero-order valence-corrected chi connectivity index (χ0v) is 18.7. The number of amides is 2. The number of hydrogen-bond donors (Lipinski definition) is 2. The highest BCUT2D eigenvalue weighted by Gasteiger charge is 2.24. The minimum Gasteiger partial charge on any atom is -0.478 e. The molecule has 2 aliphatic heterocycles. The van der Waals surface area contributed by atoms with Gasteiger partial charge in [-0.2, -0.15) is 0 Å². The number of anilines is 2. The van der Waals surface area contributed by atoms with E-state index in [2.05, 4.69) is 15.1 Å². The molecule has 2 aliphatic rings. The molecule has 2 saturated heterocycles. The summed E-state index contributed by atoms with van der Waals surface area (Å²) in [4.78, 5) is 42.8. The molecule has 4 rings (SSSR count). The smallest absolute Gasteiger partial charge is 0.337 e. The van der Waals surface area contributed by atoms with Crippen LogP contribution in [-0.4, -0.2) is 91.7 Å². The van der Waals surface area contributed by atoms with Crippen LogP contribution in [0.1, 0.15) is 20.7 Å². The summed E-state index contributed by atoms with van der Waals surface area (Å²) in [6, 6.07) is 9.88. The molecule has 2 amide bonds. The number of halogens is 1. The van der Waals surface area contributed by atoms with Gasteiger partial charge in [0.15, 0.2) is 0 Å². The largest absolute Gasteiger partial charge is 0.478 e. The third kappa shape index (κ3) is 5.70. The second kappa shape index (κ2) is 10.6. The number of piperazine rings is 1. The van der Waals surface area contributed by atoms with E-state index in [1.54, 1.807) is 12.1 Å². The van der Waals surface area contributed by atoms with E-state index in [9.17, 15) is 23.9 Å². The molecular formula is C24H27FN4O5. The predicted octanol–water partition coefficient (Wildman–Crippen LogP) is 1.76. The van der Waals surface area contributed by atoms with Gasteiger partial charge in [0, 0.05) is 50.5 Å². The van der Waals surface area contributed by atoms with E-state index >= 15 is 0 Å². The number of benzene rings is 2. The second-order valence-electron chi connectivity index (χ2n) is 8.25. The summed E-state index contributed by atoms with van der Waals surface area (Å²) in [6.45, 7) is 5.43. The van der Waals surface area contributed by atoms with Crippen molar-refractivity contribution in [2.75, 3.05) is 69.2 Å². The molecule has 180 valence electrons. The Hall–Kier alpha value is -3.50. The number of nitrogens with zero attached hydrogens (tertiary/aromatic N) is 3. The molecule has 9 nitrogen and oxygen atoms in total. The quantitative estimate of drug-likeness (QED) is 0.663. The molecule has 0 aromatic heterocycles. The number of nitrogens with one attached hydrogen (secondary N) is 1. The van der Waals surface area contributed by atoms with Crippen molar-refractivity contribution >= 4 is 29.2 Å². The first kappa shape index (κ1) is 23.7. The summed E-state index contributed by atoms with van der Waals surface area (Å²) in [6.07, 6.45) is 0. The fourth-order valence-corrected chi connectivity index (χ4v) is 4.08.